The minimum atomic E-state index is -2.49. The topological polar surface area (TPSA) is 16.1 Å². The number of pyridine rings is 1. The van der Waals surface area contributed by atoms with Crippen LogP contribution in [0.15, 0.2) is 24.5 Å². The summed E-state index contributed by atoms with van der Waals surface area (Å²) in [7, 11) is 0. The van der Waals surface area contributed by atoms with E-state index in [2.05, 4.69) is 9.88 Å². The third kappa shape index (κ3) is 2.55. The second-order valence-corrected chi connectivity index (χ2v) is 4.51. The Hall–Kier alpha value is -1.03. The maximum absolute atomic E-state index is 13.3. The van der Waals surface area contributed by atoms with E-state index in [4.69, 9.17) is 0 Å². The lowest BCUT2D eigenvalue weighted by molar-refractivity contribution is -0.100. The van der Waals surface area contributed by atoms with Crippen molar-refractivity contribution >= 4 is 0 Å². The summed E-state index contributed by atoms with van der Waals surface area (Å²) in [6.45, 7) is 3.26. The first-order chi connectivity index (χ1) is 7.58. The average Bonchev–Trinajstić information content (AvgIpc) is 2.26. The first kappa shape index (κ1) is 11.5. The zero-order valence-corrected chi connectivity index (χ0v) is 9.37. The fourth-order valence-electron chi connectivity index (χ4n) is 2.06. The third-order valence-electron chi connectivity index (χ3n) is 3.14. The van der Waals surface area contributed by atoms with E-state index in [1.807, 2.05) is 12.1 Å². The van der Waals surface area contributed by atoms with Crippen LogP contribution in [0.2, 0.25) is 0 Å². The van der Waals surface area contributed by atoms with E-state index >= 15 is 0 Å². The molecule has 1 fully saturated rings. The third-order valence-corrected chi connectivity index (χ3v) is 3.14. The molecule has 2 rings (SSSR count). The summed E-state index contributed by atoms with van der Waals surface area (Å²) >= 11 is 0. The molecule has 0 unspecified atom stereocenters. The summed E-state index contributed by atoms with van der Waals surface area (Å²) in [5.74, 6) is -3.05. The van der Waals surface area contributed by atoms with Crippen LogP contribution in [-0.4, -0.2) is 28.9 Å². The number of nitrogens with zero attached hydrogens (tertiary/aromatic N) is 2. The second-order valence-electron chi connectivity index (χ2n) is 4.51. The highest BCUT2D eigenvalue weighted by Crippen LogP contribution is 2.33. The first-order valence-electron chi connectivity index (χ1n) is 5.57. The highest BCUT2D eigenvalue weighted by Gasteiger charge is 2.40. The van der Waals surface area contributed by atoms with Crippen molar-refractivity contribution in [2.75, 3.05) is 13.1 Å². The summed E-state index contributed by atoms with van der Waals surface area (Å²) in [6.07, 6.45) is 3.47. The molecule has 0 amide bonds. The van der Waals surface area contributed by atoms with Gasteiger partial charge in [-0.3, -0.25) is 9.88 Å². The lowest BCUT2D eigenvalue weighted by atomic mass is 9.95. The summed E-state index contributed by atoms with van der Waals surface area (Å²) in [4.78, 5) is 6.09. The number of aromatic nitrogens is 1. The summed E-state index contributed by atoms with van der Waals surface area (Å²) in [5.41, 5.74) is 1.08. The van der Waals surface area contributed by atoms with Gasteiger partial charge in [-0.15, -0.1) is 0 Å². The number of likely N-dealkylation sites (tertiary alicyclic amines) is 1. The van der Waals surface area contributed by atoms with Gasteiger partial charge in [0.15, 0.2) is 0 Å². The molecule has 0 bridgehead atoms. The molecule has 1 aliphatic rings. The van der Waals surface area contributed by atoms with Crippen molar-refractivity contribution in [3.8, 4) is 0 Å². The van der Waals surface area contributed by atoms with Gasteiger partial charge in [-0.1, -0.05) is 13.0 Å². The van der Waals surface area contributed by atoms with Gasteiger partial charge >= 0.3 is 0 Å². The minimum Gasteiger partial charge on any atom is -0.298 e. The molecule has 88 valence electrons. The van der Waals surface area contributed by atoms with Crippen LogP contribution in [0.4, 0.5) is 8.78 Å². The molecule has 2 nitrogen and oxygen atoms in total. The van der Waals surface area contributed by atoms with E-state index < -0.39 is 11.8 Å². The van der Waals surface area contributed by atoms with Gasteiger partial charge in [0.05, 0.1) is 0 Å². The molecule has 0 aliphatic carbocycles. The van der Waals surface area contributed by atoms with Gasteiger partial charge in [0.2, 0.25) is 0 Å². The van der Waals surface area contributed by atoms with E-state index in [0.717, 1.165) is 5.56 Å². The van der Waals surface area contributed by atoms with E-state index in [1.54, 1.807) is 19.3 Å². The SMILES string of the molecule is C[C@H]1CN(Cc2cccnc2)CCC1(F)F. The number of halogens is 2. The van der Waals surface area contributed by atoms with Crippen molar-refractivity contribution in [1.82, 2.24) is 9.88 Å². The molecule has 0 spiro atoms. The molecular weight excluding hydrogens is 210 g/mol. The molecule has 4 heteroatoms. The lowest BCUT2D eigenvalue weighted by Gasteiger charge is -2.36. The lowest BCUT2D eigenvalue weighted by Crippen LogP contribution is -2.45. The van der Waals surface area contributed by atoms with E-state index in [0.29, 0.717) is 19.6 Å². The van der Waals surface area contributed by atoms with Crippen molar-refractivity contribution in [3.63, 3.8) is 0 Å². The van der Waals surface area contributed by atoms with Crippen LogP contribution >= 0.6 is 0 Å². The maximum atomic E-state index is 13.3. The molecule has 2 heterocycles. The van der Waals surface area contributed by atoms with Crippen LogP contribution in [0.1, 0.15) is 18.9 Å². The standard InChI is InChI=1S/C12H16F2N2/c1-10-8-16(6-4-12(10,13)14)9-11-3-2-5-15-7-11/h2-3,5,7,10H,4,6,8-9H2,1H3/t10-/m0/s1. The predicted molar refractivity (Wildman–Crippen MR) is 58.2 cm³/mol. The predicted octanol–water partition coefficient (Wildman–Crippen LogP) is 2.56. The fraction of sp³-hybridized carbons (Fsp3) is 0.583. The van der Waals surface area contributed by atoms with E-state index in [1.165, 1.54) is 0 Å². The highest BCUT2D eigenvalue weighted by atomic mass is 19.3. The molecule has 0 aromatic carbocycles. The van der Waals surface area contributed by atoms with Crippen LogP contribution < -0.4 is 0 Å². The van der Waals surface area contributed by atoms with Gasteiger partial charge in [-0.25, -0.2) is 8.78 Å². The van der Waals surface area contributed by atoms with E-state index in [-0.39, 0.29) is 6.42 Å². The Morgan fingerprint density at radius 1 is 1.56 bits per heavy atom. The summed E-state index contributed by atoms with van der Waals surface area (Å²) in [5, 5.41) is 0. The van der Waals surface area contributed by atoms with Crippen molar-refractivity contribution in [2.24, 2.45) is 5.92 Å². The van der Waals surface area contributed by atoms with Gasteiger partial charge in [0.25, 0.3) is 5.92 Å². The Morgan fingerprint density at radius 3 is 3.00 bits per heavy atom. The molecule has 1 aromatic heterocycles. The molecule has 0 N–H and O–H groups in total. The molecule has 1 atom stereocenters. The second kappa shape index (κ2) is 4.45. The molecular formula is C12H16F2N2. The number of alkyl halides is 2. The number of piperidine rings is 1. The van der Waals surface area contributed by atoms with Gasteiger partial charge < -0.3 is 0 Å². The summed E-state index contributed by atoms with van der Waals surface area (Å²) in [6, 6.07) is 3.85. The van der Waals surface area contributed by atoms with Crippen LogP contribution in [0.5, 0.6) is 0 Å². The zero-order valence-electron chi connectivity index (χ0n) is 9.37. The molecule has 1 saturated heterocycles. The zero-order chi connectivity index (χ0) is 11.6. The van der Waals surface area contributed by atoms with Crippen molar-refractivity contribution in [1.29, 1.82) is 0 Å². The Balaban J connectivity index is 1.94. The monoisotopic (exact) mass is 226 g/mol. The number of hydrogen-bond donors (Lipinski definition) is 0. The van der Waals surface area contributed by atoms with Crippen molar-refractivity contribution in [2.45, 2.75) is 25.8 Å². The highest BCUT2D eigenvalue weighted by molar-refractivity contribution is 5.08. The van der Waals surface area contributed by atoms with Gasteiger partial charge in [0, 0.05) is 44.4 Å². The Kier molecular flexibility index (Phi) is 3.19. The Morgan fingerprint density at radius 2 is 2.38 bits per heavy atom. The van der Waals surface area contributed by atoms with E-state index in [9.17, 15) is 8.78 Å². The van der Waals surface area contributed by atoms with Crippen molar-refractivity contribution < 1.29 is 8.78 Å². The maximum Gasteiger partial charge on any atom is 0.253 e. The quantitative estimate of drug-likeness (QED) is 0.770. The van der Waals surface area contributed by atoms with Gasteiger partial charge in [0.1, 0.15) is 0 Å². The largest absolute Gasteiger partial charge is 0.298 e. The smallest absolute Gasteiger partial charge is 0.253 e. The number of rotatable bonds is 2. The summed E-state index contributed by atoms with van der Waals surface area (Å²) < 4.78 is 26.5. The number of hydrogen-bond acceptors (Lipinski definition) is 2. The molecule has 0 saturated carbocycles. The minimum absolute atomic E-state index is 0.0333. The fourth-order valence-corrected chi connectivity index (χ4v) is 2.06. The van der Waals surface area contributed by atoms with Crippen LogP contribution in [0, 0.1) is 5.92 Å². The Labute approximate surface area is 94.3 Å². The molecule has 0 radical (unpaired) electrons. The molecule has 1 aliphatic heterocycles. The molecule has 1 aromatic rings. The van der Waals surface area contributed by atoms with Crippen LogP contribution in [0.25, 0.3) is 0 Å². The van der Waals surface area contributed by atoms with Crippen molar-refractivity contribution in [3.05, 3.63) is 30.1 Å². The normalized spacial score (nSPS) is 25.6. The van der Waals surface area contributed by atoms with Crippen LogP contribution in [-0.2, 0) is 6.54 Å². The van der Waals surface area contributed by atoms with Gasteiger partial charge in [-0.2, -0.15) is 0 Å². The molecule has 16 heavy (non-hydrogen) atoms. The van der Waals surface area contributed by atoms with Crippen LogP contribution in [0.3, 0.4) is 0 Å². The Bertz CT molecular complexity index is 340. The van der Waals surface area contributed by atoms with Gasteiger partial charge in [-0.05, 0) is 11.6 Å². The average molecular weight is 226 g/mol. The first-order valence-corrected chi connectivity index (χ1v) is 5.57.